The van der Waals surface area contributed by atoms with Gasteiger partial charge in [0.15, 0.2) is 0 Å². The molecule has 112 valence electrons. The van der Waals surface area contributed by atoms with Gasteiger partial charge in [0.2, 0.25) is 0 Å². The zero-order valence-corrected chi connectivity index (χ0v) is 14.7. The molecule has 1 fully saturated rings. The Hall–Kier alpha value is -0.340. The molecular weight excluding hydrogens is 310 g/mol. The van der Waals surface area contributed by atoms with E-state index in [4.69, 9.17) is 0 Å². The van der Waals surface area contributed by atoms with Gasteiger partial charge in [0.05, 0.1) is 0 Å². The summed E-state index contributed by atoms with van der Waals surface area (Å²) in [4.78, 5) is 0. The van der Waals surface area contributed by atoms with Crippen molar-refractivity contribution >= 4 is 15.9 Å². The lowest BCUT2D eigenvalue weighted by atomic mass is 9.84. The Kier molecular flexibility index (Phi) is 5.68. The van der Waals surface area contributed by atoms with Gasteiger partial charge in [-0.15, -0.1) is 0 Å². The summed E-state index contributed by atoms with van der Waals surface area (Å²) in [6, 6.07) is 9.47. The number of hydrogen-bond donors (Lipinski definition) is 1. The van der Waals surface area contributed by atoms with Crippen LogP contribution in [0, 0.1) is 11.3 Å². The summed E-state index contributed by atoms with van der Waals surface area (Å²) in [7, 11) is 0. The van der Waals surface area contributed by atoms with Gasteiger partial charge in [0, 0.05) is 10.5 Å². The van der Waals surface area contributed by atoms with Crippen LogP contribution in [0.4, 0.5) is 0 Å². The first-order valence-electron chi connectivity index (χ1n) is 7.91. The molecule has 0 amide bonds. The summed E-state index contributed by atoms with van der Waals surface area (Å²) in [5.41, 5.74) is 1.88. The summed E-state index contributed by atoms with van der Waals surface area (Å²) in [5, 5.41) is 3.72. The van der Waals surface area contributed by atoms with E-state index in [9.17, 15) is 0 Å². The molecule has 1 unspecified atom stereocenters. The number of benzene rings is 1. The summed E-state index contributed by atoms with van der Waals surface area (Å²) >= 11 is 3.69. The van der Waals surface area contributed by atoms with E-state index >= 15 is 0 Å². The second-order valence-corrected chi connectivity index (χ2v) is 8.30. The Bertz CT molecular complexity index is 418. The molecular formula is C18H28BrN. The Morgan fingerprint density at radius 3 is 2.55 bits per heavy atom. The first-order valence-corrected chi connectivity index (χ1v) is 8.70. The van der Waals surface area contributed by atoms with Crippen LogP contribution in [0.15, 0.2) is 28.7 Å². The van der Waals surface area contributed by atoms with Crippen molar-refractivity contribution in [1.82, 2.24) is 5.32 Å². The molecule has 1 atom stereocenters. The number of nitrogens with one attached hydrogen (secondary N) is 1. The van der Waals surface area contributed by atoms with Crippen LogP contribution in [0.2, 0.25) is 0 Å². The van der Waals surface area contributed by atoms with Crippen molar-refractivity contribution in [3.8, 4) is 0 Å². The van der Waals surface area contributed by atoms with Crippen molar-refractivity contribution < 1.29 is 0 Å². The molecule has 1 aromatic carbocycles. The van der Waals surface area contributed by atoms with Gasteiger partial charge in [0.1, 0.15) is 0 Å². The lowest BCUT2D eigenvalue weighted by molar-refractivity contribution is 0.313. The van der Waals surface area contributed by atoms with Gasteiger partial charge in [0.25, 0.3) is 0 Å². The van der Waals surface area contributed by atoms with E-state index in [1.54, 1.807) is 0 Å². The van der Waals surface area contributed by atoms with Gasteiger partial charge in [-0.2, -0.15) is 0 Å². The van der Waals surface area contributed by atoms with Crippen LogP contribution in [0.1, 0.15) is 52.0 Å². The predicted octanol–water partition coefficient (Wildman–Crippen LogP) is 5.19. The molecule has 1 aliphatic carbocycles. The number of halogens is 1. The Balaban J connectivity index is 1.91. The lowest BCUT2D eigenvalue weighted by Gasteiger charge is -2.24. The Morgan fingerprint density at radius 2 is 1.95 bits per heavy atom. The van der Waals surface area contributed by atoms with Crippen molar-refractivity contribution in [3.05, 3.63) is 34.3 Å². The molecule has 0 saturated heterocycles. The van der Waals surface area contributed by atoms with Gasteiger partial charge < -0.3 is 5.32 Å². The minimum absolute atomic E-state index is 0.436. The summed E-state index contributed by atoms with van der Waals surface area (Å²) < 4.78 is 1.26. The molecule has 0 bridgehead atoms. The largest absolute Gasteiger partial charge is 0.314 e. The molecule has 0 aromatic heterocycles. The molecule has 2 heteroatoms. The molecule has 20 heavy (non-hydrogen) atoms. The van der Waals surface area contributed by atoms with E-state index in [-0.39, 0.29) is 0 Å². The zero-order chi connectivity index (χ0) is 14.6. The van der Waals surface area contributed by atoms with Crippen LogP contribution >= 0.6 is 15.9 Å². The van der Waals surface area contributed by atoms with E-state index in [1.165, 1.54) is 48.7 Å². The van der Waals surface area contributed by atoms with E-state index in [2.05, 4.69) is 66.3 Å². The molecule has 0 aliphatic heterocycles. The van der Waals surface area contributed by atoms with Gasteiger partial charge >= 0.3 is 0 Å². The van der Waals surface area contributed by atoms with Gasteiger partial charge in [-0.05, 0) is 61.6 Å². The third-order valence-corrected chi connectivity index (χ3v) is 4.82. The fraction of sp³-hybridized carbons (Fsp3) is 0.667. The third-order valence-electron chi connectivity index (χ3n) is 4.04. The van der Waals surface area contributed by atoms with Crippen molar-refractivity contribution in [2.45, 2.75) is 58.9 Å². The maximum absolute atomic E-state index is 3.72. The minimum Gasteiger partial charge on any atom is -0.314 e. The SMILES string of the molecule is CC(C)(C)CCC(CNC1CC1)Cc1ccccc1Br. The minimum atomic E-state index is 0.436. The van der Waals surface area contributed by atoms with Crippen LogP contribution in [-0.4, -0.2) is 12.6 Å². The quantitative estimate of drug-likeness (QED) is 0.722. The van der Waals surface area contributed by atoms with Crippen LogP contribution in [0.25, 0.3) is 0 Å². The molecule has 0 spiro atoms. The number of hydrogen-bond acceptors (Lipinski definition) is 1. The first-order chi connectivity index (χ1) is 9.44. The maximum Gasteiger partial charge on any atom is 0.0207 e. The van der Waals surface area contributed by atoms with Gasteiger partial charge in [-0.3, -0.25) is 0 Å². The molecule has 1 saturated carbocycles. The third kappa shape index (κ3) is 5.97. The molecule has 1 aliphatic rings. The van der Waals surface area contributed by atoms with Crippen molar-refractivity contribution in [2.75, 3.05) is 6.54 Å². The lowest BCUT2D eigenvalue weighted by Crippen LogP contribution is -2.27. The molecule has 2 rings (SSSR count). The Morgan fingerprint density at radius 1 is 1.25 bits per heavy atom. The smallest absolute Gasteiger partial charge is 0.0207 e. The average Bonchev–Trinajstić information content (AvgIpc) is 3.18. The second-order valence-electron chi connectivity index (χ2n) is 7.44. The van der Waals surface area contributed by atoms with Crippen LogP contribution < -0.4 is 5.32 Å². The van der Waals surface area contributed by atoms with E-state index < -0.39 is 0 Å². The van der Waals surface area contributed by atoms with Crippen LogP contribution in [-0.2, 0) is 6.42 Å². The fourth-order valence-electron chi connectivity index (χ4n) is 2.51. The second kappa shape index (κ2) is 7.09. The fourth-order valence-corrected chi connectivity index (χ4v) is 2.96. The molecule has 1 nitrogen and oxygen atoms in total. The molecule has 0 radical (unpaired) electrons. The van der Waals surface area contributed by atoms with Crippen LogP contribution in [0.3, 0.4) is 0 Å². The van der Waals surface area contributed by atoms with E-state index in [0.29, 0.717) is 5.41 Å². The van der Waals surface area contributed by atoms with Crippen molar-refractivity contribution in [2.24, 2.45) is 11.3 Å². The summed E-state index contributed by atoms with van der Waals surface area (Å²) in [6.45, 7) is 8.20. The first kappa shape index (κ1) is 16.0. The number of rotatable bonds is 7. The summed E-state index contributed by atoms with van der Waals surface area (Å²) in [6.07, 6.45) is 6.54. The molecule has 1 N–H and O–H groups in total. The summed E-state index contributed by atoms with van der Waals surface area (Å²) in [5.74, 6) is 0.744. The Labute approximate surface area is 132 Å². The predicted molar refractivity (Wildman–Crippen MR) is 91.0 cm³/mol. The highest BCUT2D eigenvalue weighted by atomic mass is 79.9. The molecule has 0 heterocycles. The topological polar surface area (TPSA) is 12.0 Å². The normalized spacial score (nSPS) is 17.2. The monoisotopic (exact) mass is 337 g/mol. The highest BCUT2D eigenvalue weighted by Gasteiger charge is 2.23. The van der Waals surface area contributed by atoms with E-state index in [0.717, 1.165) is 12.0 Å². The highest BCUT2D eigenvalue weighted by molar-refractivity contribution is 9.10. The maximum atomic E-state index is 3.72. The van der Waals surface area contributed by atoms with Gasteiger partial charge in [-0.25, -0.2) is 0 Å². The standard InChI is InChI=1S/C18H28BrN/c1-18(2,3)11-10-14(13-20-16-8-9-16)12-15-6-4-5-7-17(15)19/h4-7,14,16,20H,8-13H2,1-3H3. The van der Waals surface area contributed by atoms with Gasteiger partial charge in [-0.1, -0.05) is 54.9 Å². The van der Waals surface area contributed by atoms with E-state index in [1.807, 2.05) is 0 Å². The zero-order valence-electron chi connectivity index (χ0n) is 13.1. The van der Waals surface area contributed by atoms with Crippen molar-refractivity contribution in [1.29, 1.82) is 0 Å². The molecule has 1 aromatic rings. The van der Waals surface area contributed by atoms with Crippen LogP contribution in [0.5, 0.6) is 0 Å². The average molecular weight is 338 g/mol. The van der Waals surface area contributed by atoms with Crippen molar-refractivity contribution in [3.63, 3.8) is 0 Å². The highest BCUT2D eigenvalue weighted by Crippen LogP contribution is 2.28.